The molecule has 0 spiro atoms. The predicted molar refractivity (Wildman–Crippen MR) is 51.0 cm³/mol. The van der Waals surface area contributed by atoms with Crippen molar-refractivity contribution in [3.05, 3.63) is 39.4 Å². The molecule has 1 aliphatic rings. The summed E-state index contributed by atoms with van der Waals surface area (Å²) in [6.45, 7) is -0.337. The van der Waals surface area contributed by atoms with Crippen molar-refractivity contribution in [1.82, 2.24) is 0 Å². The number of halogens is 2. The van der Waals surface area contributed by atoms with E-state index in [4.69, 9.17) is 5.11 Å². The van der Waals surface area contributed by atoms with Gasteiger partial charge >= 0.3 is 5.69 Å². The number of rotatable bonds is 3. The summed E-state index contributed by atoms with van der Waals surface area (Å²) in [6.07, 6.45) is 1.01. The van der Waals surface area contributed by atoms with Gasteiger partial charge in [-0.15, -0.1) is 0 Å². The quantitative estimate of drug-likeness (QED) is 0.636. The molecule has 6 heteroatoms. The first kappa shape index (κ1) is 10.9. The zero-order chi connectivity index (χ0) is 11.9. The van der Waals surface area contributed by atoms with E-state index in [9.17, 15) is 18.9 Å². The van der Waals surface area contributed by atoms with Crippen molar-refractivity contribution in [2.45, 2.75) is 18.3 Å². The molecule has 1 fully saturated rings. The standard InChI is InChI=1S/C10H9F2NO3/c11-6-3-7(10(5-14)1-2-10)9(13(15)16)8(12)4-6/h3-4,14H,1-2,5H2. The van der Waals surface area contributed by atoms with Gasteiger partial charge in [-0.2, -0.15) is 4.39 Å². The summed E-state index contributed by atoms with van der Waals surface area (Å²) >= 11 is 0. The molecule has 2 rings (SSSR count). The van der Waals surface area contributed by atoms with Crippen LogP contribution in [0.1, 0.15) is 18.4 Å². The van der Waals surface area contributed by atoms with Crippen LogP contribution in [0.15, 0.2) is 12.1 Å². The smallest absolute Gasteiger partial charge is 0.308 e. The van der Waals surface area contributed by atoms with Crippen molar-refractivity contribution < 1.29 is 18.8 Å². The summed E-state index contributed by atoms with van der Waals surface area (Å²) < 4.78 is 26.3. The van der Waals surface area contributed by atoms with Gasteiger partial charge < -0.3 is 5.11 Å². The second-order valence-electron chi connectivity index (χ2n) is 3.98. The van der Waals surface area contributed by atoms with Gasteiger partial charge in [0.1, 0.15) is 5.82 Å². The summed E-state index contributed by atoms with van der Waals surface area (Å²) in [7, 11) is 0. The van der Waals surface area contributed by atoms with Crippen LogP contribution in [0, 0.1) is 21.7 Å². The van der Waals surface area contributed by atoms with Crippen molar-refractivity contribution in [3.8, 4) is 0 Å². The molecule has 1 aromatic carbocycles. The van der Waals surface area contributed by atoms with Gasteiger partial charge in [0, 0.05) is 17.0 Å². The summed E-state index contributed by atoms with van der Waals surface area (Å²) in [5.41, 5.74) is -1.60. The second kappa shape index (κ2) is 3.48. The van der Waals surface area contributed by atoms with E-state index < -0.39 is 27.7 Å². The molecule has 1 saturated carbocycles. The number of aliphatic hydroxyl groups excluding tert-OH is 1. The van der Waals surface area contributed by atoms with Crippen molar-refractivity contribution in [2.24, 2.45) is 0 Å². The zero-order valence-electron chi connectivity index (χ0n) is 8.24. The monoisotopic (exact) mass is 229 g/mol. The maximum atomic E-state index is 13.3. The van der Waals surface area contributed by atoms with E-state index in [0.29, 0.717) is 18.9 Å². The van der Waals surface area contributed by atoms with Crippen molar-refractivity contribution >= 4 is 5.69 Å². The van der Waals surface area contributed by atoms with Gasteiger partial charge in [0.05, 0.1) is 11.5 Å². The van der Waals surface area contributed by atoms with Crippen LogP contribution < -0.4 is 0 Å². The maximum Gasteiger partial charge on any atom is 0.308 e. The zero-order valence-corrected chi connectivity index (χ0v) is 8.24. The number of hydrogen-bond donors (Lipinski definition) is 1. The average Bonchev–Trinajstić information content (AvgIpc) is 2.95. The Labute approximate surface area is 89.7 Å². The van der Waals surface area contributed by atoms with Crippen LogP contribution in [-0.2, 0) is 5.41 Å². The number of nitro benzene ring substituents is 1. The van der Waals surface area contributed by atoms with Gasteiger partial charge in [0.2, 0.25) is 5.82 Å². The first-order valence-corrected chi connectivity index (χ1v) is 4.75. The molecule has 0 amide bonds. The van der Waals surface area contributed by atoms with Crippen LogP contribution >= 0.6 is 0 Å². The predicted octanol–water partition coefficient (Wildman–Crippen LogP) is 1.90. The van der Waals surface area contributed by atoms with Crippen LogP contribution in [0.3, 0.4) is 0 Å². The number of benzene rings is 1. The fraction of sp³-hybridized carbons (Fsp3) is 0.400. The molecule has 0 atom stereocenters. The molecule has 0 aliphatic heterocycles. The third-order valence-electron chi connectivity index (χ3n) is 2.94. The first-order chi connectivity index (χ1) is 7.50. The minimum atomic E-state index is -1.19. The molecule has 1 aromatic rings. The minimum Gasteiger partial charge on any atom is -0.395 e. The Balaban J connectivity index is 2.63. The molecule has 0 unspecified atom stereocenters. The number of nitrogens with zero attached hydrogens (tertiary/aromatic N) is 1. The van der Waals surface area contributed by atoms with E-state index >= 15 is 0 Å². The summed E-state index contributed by atoms with van der Waals surface area (Å²) in [5, 5.41) is 19.8. The summed E-state index contributed by atoms with van der Waals surface area (Å²) in [6, 6.07) is 1.42. The Morgan fingerprint density at radius 3 is 2.50 bits per heavy atom. The lowest BCUT2D eigenvalue weighted by Crippen LogP contribution is -2.15. The van der Waals surface area contributed by atoms with Gasteiger partial charge in [0.15, 0.2) is 0 Å². The normalized spacial score (nSPS) is 17.2. The Hall–Kier alpha value is -1.56. The third-order valence-corrected chi connectivity index (χ3v) is 2.94. The highest BCUT2D eigenvalue weighted by Gasteiger charge is 2.48. The Morgan fingerprint density at radius 2 is 2.06 bits per heavy atom. The lowest BCUT2D eigenvalue weighted by Gasteiger charge is -2.12. The molecular formula is C10H9F2NO3. The minimum absolute atomic E-state index is 0.0440. The van der Waals surface area contributed by atoms with Crippen LogP contribution in [0.5, 0.6) is 0 Å². The van der Waals surface area contributed by atoms with E-state index in [1.807, 2.05) is 0 Å². The Kier molecular flexibility index (Phi) is 2.38. The van der Waals surface area contributed by atoms with Crippen molar-refractivity contribution in [2.75, 3.05) is 6.61 Å². The maximum absolute atomic E-state index is 13.3. The van der Waals surface area contributed by atoms with E-state index in [-0.39, 0.29) is 12.2 Å². The van der Waals surface area contributed by atoms with Crippen LogP contribution in [-0.4, -0.2) is 16.6 Å². The van der Waals surface area contributed by atoms with Crippen LogP contribution in [0.4, 0.5) is 14.5 Å². The summed E-state index contributed by atoms with van der Waals surface area (Å²) in [5.74, 6) is -2.06. The van der Waals surface area contributed by atoms with E-state index in [1.54, 1.807) is 0 Å². The van der Waals surface area contributed by atoms with Crippen LogP contribution in [0.2, 0.25) is 0 Å². The molecular weight excluding hydrogens is 220 g/mol. The van der Waals surface area contributed by atoms with Crippen molar-refractivity contribution in [1.29, 1.82) is 0 Å². The molecule has 0 aromatic heterocycles. The van der Waals surface area contributed by atoms with Gasteiger partial charge in [-0.3, -0.25) is 10.1 Å². The molecule has 0 radical (unpaired) electrons. The van der Waals surface area contributed by atoms with Gasteiger partial charge in [-0.25, -0.2) is 4.39 Å². The summed E-state index contributed by atoms with van der Waals surface area (Å²) in [4.78, 5) is 9.83. The number of aliphatic hydroxyl groups is 1. The van der Waals surface area contributed by atoms with Crippen molar-refractivity contribution in [3.63, 3.8) is 0 Å². The average molecular weight is 229 g/mol. The van der Waals surface area contributed by atoms with E-state index in [0.717, 1.165) is 6.07 Å². The highest BCUT2D eigenvalue weighted by Crippen LogP contribution is 2.51. The number of hydrogen-bond acceptors (Lipinski definition) is 3. The van der Waals surface area contributed by atoms with Gasteiger partial charge in [-0.1, -0.05) is 0 Å². The first-order valence-electron chi connectivity index (χ1n) is 4.75. The molecule has 1 aliphatic carbocycles. The molecule has 0 bridgehead atoms. The molecule has 4 nitrogen and oxygen atoms in total. The fourth-order valence-electron chi connectivity index (χ4n) is 1.82. The second-order valence-corrected chi connectivity index (χ2v) is 3.98. The SMILES string of the molecule is O=[N+]([O-])c1c(F)cc(F)cc1C1(CO)CC1. The third kappa shape index (κ3) is 1.55. The molecule has 0 heterocycles. The molecule has 16 heavy (non-hydrogen) atoms. The highest BCUT2D eigenvalue weighted by atomic mass is 19.1. The highest BCUT2D eigenvalue weighted by molar-refractivity contribution is 5.49. The Bertz CT molecular complexity index is 458. The molecule has 0 saturated heterocycles. The lowest BCUT2D eigenvalue weighted by atomic mass is 9.95. The topological polar surface area (TPSA) is 63.4 Å². The van der Waals surface area contributed by atoms with E-state index in [1.165, 1.54) is 0 Å². The molecule has 1 N–H and O–H groups in total. The van der Waals surface area contributed by atoms with E-state index in [2.05, 4.69) is 0 Å². The van der Waals surface area contributed by atoms with Crippen LogP contribution in [0.25, 0.3) is 0 Å². The molecule has 86 valence electrons. The van der Waals surface area contributed by atoms with Gasteiger partial charge in [-0.05, 0) is 18.9 Å². The Morgan fingerprint density at radius 1 is 1.44 bits per heavy atom. The fourth-order valence-corrected chi connectivity index (χ4v) is 1.82. The lowest BCUT2D eigenvalue weighted by molar-refractivity contribution is -0.388. The largest absolute Gasteiger partial charge is 0.395 e. The number of nitro groups is 1. The van der Waals surface area contributed by atoms with Gasteiger partial charge in [0.25, 0.3) is 0 Å².